The average molecular weight is 552 g/mol. The van der Waals surface area contributed by atoms with E-state index in [-0.39, 0.29) is 5.41 Å². The van der Waals surface area contributed by atoms with Crippen molar-refractivity contribution in [1.29, 1.82) is 0 Å². The number of hydrogen-bond donors (Lipinski definition) is 0. The molecule has 8 rings (SSSR count). The molecule has 0 fully saturated rings. The summed E-state index contributed by atoms with van der Waals surface area (Å²) in [6.45, 7) is 4.62. The molecule has 0 aliphatic heterocycles. The Morgan fingerprint density at radius 3 is 1.91 bits per heavy atom. The normalized spacial score (nSPS) is 13.1. The molecule has 2 aromatic heterocycles. The van der Waals surface area contributed by atoms with Crippen molar-refractivity contribution in [1.82, 2.24) is 15.0 Å². The van der Waals surface area contributed by atoms with E-state index in [9.17, 15) is 0 Å². The lowest BCUT2D eigenvalue weighted by Crippen LogP contribution is -2.16. The smallest absolute Gasteiger partial charge is 0.160 e. The van der Waals surface area contributed by atoms with Crippen LogP contribution in [0.25, 0.3) is 67.1 Å². The highest BCUT2D eigenvalue weighted by Crippen LogP contribution is 2.51. The Labute approximate surface area is 251 Å². The molecule has 0 N–H and O–H groups in total. The highest BCUT2D eigenvalue weighted by Gasteiger charge is 2.37. The number of aromatic nitrogens is 3. The van der Waals surface area contributed by atoms with Gasteiger partial charge in [-0.3, -0.25) is 4.98 Å². The molecule has 0 unspecified atom stereocenters. The zero-order valence-electron chi connectivity index (χ0n) is 24.1. The SMILES string of the molecule is CC1(C)c2ccccc2-c2cccc(-c3nc(-c4ccccc4)cc(-c4ccc(-c5cccc6cccnc56)cc4)n3)c21. The van der Waals surface area contributed by atoms with Crippen LogP contribution in [0.5, 0.6) is 0 Å². The molecule has 1 aliphatic carbocycles. The van der Waals surface area contributed by atoms with Gasteiger partial charge < -0.3 is 0 Å². The van der Waals surface area contributed by atoms with E-state index >= 15 is 0 Å². The summed E-state index contributed by atoms with van der Waals surface area (Å²) in [4.78, 5) is 15.1. The van der Waals surface area contributed by atoms with E-state index in [0.29, 0.717) is 0 Å². The van der Waals surface area contributed by atoms with Crippen molar-refractivity contribution in [2.24, 2.45) is 0 Å². The lowest BCUT2D eigenvalue weighted by Gasteiger charge is -2.24. The Hall–Kier alpha value is -5.41. The quantitative estimate of drug-likeness (QED) is 0.218. The number of fused-ring (bicyclic) bond motifs is 4. The van der Waals surface area contributed by atoms with Crippen LogP contribution in [0.1, 0.15) is 25.0 Å². The molecule has 5 aromatic carbocycles. The third-order valence-corrected chi connectivity index (χ3v) is 8.74. The summed E-state index contributed by atoms with van der Waals surface area (Å²) in [5.74, 6) is 0.747. The van der Waals surface area contributed by atoms with Gasteiger partial charge in [0.1, 0.15) is 0 Å². The molecule has 0 bridgehead atoms. The van der Waals surface area contributed by atoms with Crippen LogP contribution in [0.2, 0.25) is 0 Å². The van der Waals surface area contributed by atoms with Gasteiger partial charge in [0.25, 0.3) is 0 Å². The van der Waals surface area contributed by atoms with E-state index < -0.39 is 0 Å². The maximum atomic E-state index is 5.23. The maximum Gasteiger partial charge on any atom is 0.160 e. The molecule has 2 heterocycles. The first kappa shape index (κ1) is 25.3. The minimum Gasteiger partial charge on any atom is -0.256 e. The first-order valence-corrected chi connectivity index (χ1v) is 14.7. The second-order valence-corrected chi connectivity index (χ2v) is 11.7. The van der Waals surface area contributed by atoms with E-state index in [2.05, 4.69) is 140 Å². The van der Waals surface area contributed by atoms with Crippen LogP contribution in [-0.2, 0) is 5.41 Å². The Balaban J connectivity index is 1.29. The summed E-state index contributed by atoms with van der Waals surface area (Å²) in [5, 5.41) is 1.14. The predicted molar refractivity (Wildman–Crippen MR) is 177 cm³/mol. The molecule has 43 heavy (non-hydrogen) atoms. The molecule has 0 radical (unpaired) electrons. The van der Waals surface area contributed by atoms with Gasteiger partial charge in [0, 0.05) is 39.3 Å². The van der Waals surface area contributed by atoms with Crippen LogP contribution in [0.4, 0.5) is 0 Å². The van der Waals surface area contributed by atoms with E-state index in [1.807, 2.05) is 18.3 Å². The first-order valence-electron chi connectivity index (χ1n) is 14.7. The molecule has 1 aliphatic rings. The van der Waals surface area contributed by atoms with Crippen LogP contribution >= 0.6 is 0 Å². The second kappa shape index (κ2) is 9.85. The molecular weight excluding hydrogens is 522 g/mol. The Morgan fingerprint density at radius 1 is 0.488 bits per heavy atom. The summed E-state index contributed by atoms with van der Waals surface area (Å²) in [7, 11) is 0. The Kier molecular flexibility index (Phi) is 5.80. The summed E-state index contributed by atoms with van der Waals surface area (Å²) in [5.41, 5.74) is 13.3. The van der Waals surface area contributed by atoms with Gasteiger partial charge in [-0.15, -0.1) is 0 Å². The number of hydrogen-bond acceptors (Lipinski definition) is 3. The zero-order valence-corrected chi connectivity index (χ0v) is 24.1. The molecule has 0 saturated carbocycles. The number of para-hydroxylation sites is 1. The van der Waals surface area contributed by atoms with E-state index in [1.54, 1.807) is 0 Å². The monoisotopic (exact) mass is 551 g/mol. The maximum absolute atomic E-state index is 5.23. The third kappa shape index (κ3) is 4.16. The van der Waals surface area contributed by atoms with Crippen LogP contribution < -0.4 is 0 Å². The highest BCUT2D eigenvalue weighted by molar-refractivity contribution is 5.94. The Morgan fingerprint density at radius 2 is 1.09 bits per heavy atom. The minimum absolute atomic E-state index is 0.164. The molecule has 3 heteroatoms. The topological polar surface area (TPSA) is 38.7 Å². The summed E-state index contributed by atoms with van der Waals surface area (Å²) in [6.07, 6.45) is 1.86. The fourth-order valence-corrected chi connectivity index (χ4v) is 6.66. The lowest BCUT2D eigenvalue weighted by atomic mass is 9.80. The average Bonchev–Trinajstić information content (AvgIpc) is 3.31. The predicted octanol–water partition coefficient (Wildman–Crippen LogP) is 10.00. The van der Waals surface area contributed by atoms with E-state index in [4.69, 9.17) is 9.97 Å². The molecule has 3 nitrogen and oxygen atoms in total. The first-order chi connectivity index (χ1) is 21.1. The van der Waals surface area contributed by atoms with Crippen molar-refractivity contribution in [3.8, 4) is 56.2 Å². The van der Waals surface area contributed by atoms with Crippen molar-refractivity contribution < 1.29 is 0 Å². The van der Waals surface area contributed by atoms with Crippen molar-refractivity contribution in [3.63, 3.8) is 0 Å². The summed E-state index contributed by atoms with van der Waals surface area (Å²) < 4.78 is 0. The van der Waals surface area contributed by atoms with Gasteiger partial charge >= 0.3 is 0 Å². The fraction of sp³-hybridized carbons (Fsp3) is 0.0750. The van der Waals surface area contributed by atoms with Gasteiger partial charge in [-0.25, -0.2) is 9.97 Å². The minimum atomic E-state index is -0.164. The standard InChI is InChI=1S/C40H29N3/c1-40(2)34-19-7-6-15-31(34)32-17-9-18-33(37(32)40)39-42-35(27-11-4-3-5-12-27)25-36(43-39)28-22-20-26(21-23-28)30-16-8-13-29-14-10-24-41-38(29)30/h3-25H,1-2H3. The van der Waals surface area contributed by atoms with Gasteiger partial charge in [0.2, 0.25) is 0 Å². The number of rotatable bonds is 4. The van der Waals surface area contributed by atoms with Gasteiger partial charge in [-0.2, -0.15) is 0 Å². The molecule has 0 saturated heterocycles. The van der Waals surface area contributed by atoms with Crippen molar-refractivity contribution in [3.05, 3.63) is 151 Å². The van der Waals surface area contributed by atoms with Gasteiger partial charge in [0.15, 0.2) is 5.82 Å². The van der Waals surface area contributed by atoms with Crippen molar-refractivity contribution >= 4 is 10.9 Å². The molecule has 0 spiro atoms. The number of pyridine rings is 1. The molecule has 0 atom stereocenters. The van der Waals surface area contributed by atoms with Crippen LogP contribution in [-0.4, -0.2) is 15.0 Å². The van der Waals surface area contributed by atoms with Crippen LogP contribution in [0.3, 0.4) is 0 Å². The fourth-order valence-electron chi connectivity index (χ4n) is 6.66. The third-order valence-electron chi connectivity index (χ3n) is 8.74. The van der Waals surface area contributed by atoms with Crippen molar-refractivity contribution in [2.45, 2.75) is 19.3 Å². The highest BCUT2D eigenvalue weighted by atomic mass is 14.9. The summed E-state index contributed by atoms with van der Waals surface area (Å²) >= 11 is 0. The van der Waals surface area contributed by atoms with Gasteiger partial charge in [-0.1, -0.05) is 135 Å². The van der Waals surface area contributed by atoms with Crippen LogP contribution in [0.15, 0.2) is 140 Å². The lowest BCUT2D eigenvalue weighted by molar-refractivity contribution is 0.661. The molecule has 204 valence electrons. The zero-order chi connectivity index (χ0) is 29.0. The van der Waals surface area contributed by atoms with Crippen LogP contribution in [0, 0.1) is 0 Å². The molecule has 0 amide bonds. The number of benzene rings is 5. The molecular formula is C40H29N3. The molecule has 7 aromatic rings. The van der Waals surface area contributed by atoms with E-state index in [1.165, 1.54) is 22.3 Å². The van der Waals surface area contributed by atoms with Crippen molar-refractivity contribution in [2.75, 3.05) is 0 Å². The Bertz CT molecular complexity index is 2140. The summed E-state index contributed by atoms with van der Waals surface area (Å²) in [6, 6.07) is 46.8. The van der Waals surface area contributed by atoms with Gasteiger partial charge in [-0.05, 0) is 39.9 Å². The largest absolute Gasteiger partial charge is 0.256 e. The van der Waals surface area contributed by atoms with E-state index in [0.717, 1.165) is 55.9 Å². The second-order valence-electron chi connectivity index (χ2n) is 11.7. The number of nitrogens with zero attached hydrogens (tertiary/aromatic N) is 3. The van der Waals surface area contributed by atoms with Gasteiger partial charge in [0.05, 0.1) is 16.9 Å².